The van der Waals surface area contributed by atoms with E-state index >= 15 is 0 Å². The molecule has 0 bridgehead atoms. The van der Waals surface area contributed by atoms with Crippen molar-refractivity contribution in [2.45, 2.75) is 25.2 Å². The van der Waals surface area contributed by atoms with Gasteiger partial charge in [-0.3, -0.25) is 9.69 Å². The van der Waals surface area contributed by atoms with Crippen molar-refractivity contribution in [1.82, 2.24) is 9.80 Å². The molecule has 0 spiro atoms. The Labute approximate surface area is 102 Å². The van der Waals surface area contributed by atoms with Gasteiger partial charge in [-0.15, -0.1) is 0 Å². The molecule has 1 aliphatic heterocycles. The van der Waals surface area contributed by atoms with Crippen LogP contribution in [0.4, 0.5) is 0 Å². The average Bonchev–Trinajstić information content (AvgIpc) is 2.27. The summed E-state index contributed by atoms with van der Waals surface area (Å²) in [6, 6.07) is 0. The highest BCUT2D eigenvalue weighted by molar-refractivity contribution is 7.99. The third-order valence-electron chi connectivity index (χ3n) is 2.91. The van der Waals surface area contributed by atoms with Crippen LogP contribution in [0.2, 0.25) is 0 Å². The first-order valence-corrected chi connectivity index (χ1v) is 7.05. The Kier molecular flexibility index (Phi) is 5.58. The number of hydrogen-bond acceptors (Lipinski definition) is 4. The van der Waals surface area contributed by atoms with Crippen LogP contribution in [0.3, 0.4) is 0 Å². The Hall–Kier alpha value is -0.260. The van der Waals surface area contributed by atoms with E-state index < -0.39 is 0 Å². The fourth-order valence-corrected chi connectivity index (χ4v) is 2.23. The van der Waals surface area contributed by atoms with E-state index in [1.807, 2.05) is 18.1 Å². The smallest absolute Gasteiger partial charge is 0.235 e. The van der Waals surface area contributed by atoms with Crippen LogP contribution >= 0.6 is 11.8 Å². The van der Waals surface area contributed by atoms with Gasteiger partial charge < -0.3 is 10.0 Å². The Morgan fingerprint density at radius 3 is 2.31 bits per heavy atom. The quantitative estimate of drug-likeness (QED) is 0.773. The van der Waals surface area contributed by atoms with Gasteiger partial charge in [0, 0.05) is 32.7 Å². The van der Waals surface area contributed by atoms with Crippen LogP contribution < -0.4 is 0 Å². The minimum atomic E-state index is -0.285. The molecule has 0 saturated carbocycles. The second kappa shape index (κ2) is 6.47. The second-order valence-corrected chi connectivity index (χ2v) is 5.53. The summed E-state index contributed by atoms with van der Waals surface area (Å²) in [7, 11) is 0. The predicted molar refractivity (Wildman–Crippen MR) is 67.7 cm³/mol. The predicted octanol–water partition coefficient (Wildman–Crippen LogP) is 0.263. The Balaban J connectivity index is 2.34. The van der Waals surface area contributed by atoms with Crippen molar-refractivity contribution in [1.29, 1.82) is 0 Å². The van der Waals surface area contributed by atoms with Crippen molar-refractivity contribution in [3.05, 3.63) is 0 Å². The number of aliphatic hydroxyl groups excluding tert-OH is 1. The molecule has 5 heteroatoms. The van der Waals surface area contributed by atoms with Crippen molar-refractivity contribution < 1.29 is 9.90 Å². The lowest BCUT2D eigenvalue weighted by atomic mass is 10.2. The monoisotopic (exact) mass is 246 g/mol. The van der Waals surface area contributed by atoms with E-state index in [0.717, 1.165) is 26.2 Å². The summed E-state index contributed by atoms with van der Waals surface area (Å²) in [4.78, 5) is 16.0. The normalized spacial score (nSPS) is 21.9. The van der Waals surface area contributed by atoms with Crippen LogP contribution in [0.25, 0.3) is 0 Å². The first-order valence-electron chi connectivity index (χ1n) is 5.76. The fraction of sp³-hybridized carbons (Fsp3) is 0.909. The molecule has 2 atom stereocenters. The number of carbonyl (C=O) groups excluding carboxylic acids is 1. The minimum Gasteiger partial charge on any atom is -0.392 e. The van der Waals surface area contributed by atoms with Crippen molar-refractivity contribution in [2.24, 2.45) is 0 Å². The molecule has 0 aromatic carbocycles. The summed E-state index contributed by atoms with van der Waals surface area (Å²) in [6.07, 6.45) is 1.68. The van der Waals surface area contributed by atoms with Gasteiger partial charge in [-0.2, -0.15) is 11.8 Å². The SMILES string of the molecule is CS[C@H](C)C(=O)N1CCN(C[C@H](C)O)CC1. The van der Waals surface area contributed by atoms with E-state index in [2.05, 4.69) is 4.90 Å². The van der Waals surface area contributed by atoms with Gasteiger partial charge in [0.25, 0.3) is 0 Å². The molecular formula is C11H22N2O2S. The Morgan fingerprint density at radius 1 is 1.31 bits per heavy atom. The largest absolute Gasteiger partial charge is 0.392 e. The summed E-state index contributed by atoms with van der Waals surface area (Å²) in [5.74, 6) is 0.240. The van der Waals surface area contributed by atoms with Gasteiger partial charge >= 0.3 is 0 Å². The molecule has 0 aromatic heterocycles. The summed E-state index contributed by atoms with van der Waals surface area (Å²) in [5.41, 5.74) is 0. The van der Waals surface area contributed by atoms with Gasteiger partial charge in [0.2, 0.25) is 5.91 Å². The first kappa shape index (κ1) is 13.8. The van der Waals surface area contributed by atoms with Crippen molar-refractivity contribution >= 4 is 17.7 Å². The van der Waals surface area contributed by atoms with E-state index in [1.165, 1.54) is 0 Å². The van der Waals surface area contributed by atoms with Gasteiger partial charge in [0.15, 0.2) is 0 Å². The van der Waals surface area contributed by atoms with Crippen molar-refractivity contribution in [3.63, 3.8) is 0 Å². The third-order valence-corrected chi connectivity index (χ3v) is 3.82. The van der Waals surface area contributed by atoms with Crippen LogP contribution in [-0.2, 0) is 4.79 Å². The average molecular weight is 246 g/mol. The van der Waals surface area contributed by atoms with E-state index in [-0.39, 0.29) is 17.3 Å². The Bertz CT molecular complexity index is 228. The second-order valence-electron chi connectivity index (χ2n) is 4.35. The van der Waals surface area contributed by atoms with Crippen LogP contribution in [0.15, 0.2) is 0 Å². The fourth-order valence-electron chi connectivity index (χ4n) is 1.88. The molecule has 0 aliphatic carbocycles. The number of rotatable bonds is 4. The molecule has 0 unspecified atom stereocenters. The van der Waals surface area contributed by atoms with Crippen LogP contribution in [0.5, 0.6) is 0 Å². The number of β-amino-alcohol motifs (C(OH)–C–C–N with tert-alkyl or cyclic N) is 1. The zero-order valence-electron chi connectivity index (χ0n) is 10.3. The van der Waals surface area contributed by atoms with Gasteiger partial charge in [0.1, 0.15) is 0 Å². The maximum absolute atomic E-state index is 11.9. The maximum atomic E-state index is 11.9. The summed E-state index contributed by atoms with van der Waals surface area (Å²) >= 11 is 1.59. The van der Waals surface area contributed by atoms with E-state index in [1.54, 1.807) is 18.7 Å². The first-order chi connectivity index (χ1) is 7.54. The molecular weight excluding hydrogens is 224 g/mol. The number of carbonyl (C=O) groups is 1. The Morgan fingerprint density at radius 2 is 1.88 bits per heavy atom. The van der Waals surface area contributed by atoms with Crippen LogP contribution in [-0.4, -0.2) is 71.1 Å². The van der Waals surface area contributed by atoms with Crippen molar-refractivity contribution in [3.8, 4) is 0 Å². The molecule has 1 rings (SSSR count). The lowest BCUT2D eigenvalue weighted by Gasteiger charge is -2.36. The highest BCUT2D eigenvalue weighted by atomic mass is 32.2. The molecule has 1 N–H and O–H groups in total. The van der Waals surface area contributed by atoms with Crippen LogP contribution in [0, 0.1) is 0 Å². The molecule has 94 valence electrons. The number of aliphatic hydroxyl groups is 1. The van der Waals surface area contributed by atoms with E-state index in [0.29, 0.717) is 6.54 Å². The van der Waals surface area contributed by atoms with Crippen LogP contribution in [0.1, 0.15) is 13.8 Å². The molecule has 1 heterocycles. The molecule has 1 aliphatic rings. The topological polar surface area (TPSA) is 43.8 Å². The molecule has 16 heavy (non-hydrogen) atoms. The van der Waals surface area contributed by atoms with E-state index in [9.17, 15) is 9.90 Å². The zero-order chi connectivity index (χ0) is 12.1. The summed E-state index contributed by atoms with van der Waals surface area (Å²) < 4.78 is 0. The number of amides is 1. The number of thioether (sulfide) groups is 1. The highest BCUT2D eigenvalue weighted by Gasteiger charge is 2.24. The number of nitrogens with zero attached hydrogens (tertiary/aromatic N) is 2. The van der Waals surface area contributed by atoms with E-state index in [4.69, 9.17) is 0 Å². The molecule has 1 amide bonds. The molecule has 4 nitrogen and oxygen atoms in total. The third kappa shape index (κ3) is 3.96. The van der Waals surface area contributed by atoms with Gasteiger partial charge in [-0.05, 0) is 20.1 Å². The number of piperazine rings is 1. The minimum absolute atomic E-state index is 0.0586. The zero-order valence-corrected chi connectivity index (χ0v) is 11.2. The van der Waals surface area contributed by atoms with Gasteiger partial charge in [-0.1, -0.05) is 0 Å². The number of hydrogen-bond donors (Lipinski definition) is 1. The lowest BCUT2D eigenvalue weighted by Crippen LogP contribution is -2.51. The lowest BCUT2D eigenvalue weighted by molar-refractivity contribution is -0.132. The van der Waals surface area contributed by atoms with Gasteiger partial charge in [-0.25, -0.2) is 0 Å². The van der Waals surface area contributed by atoms with Gasteiger partial charge in [0.05, 0.1) is 11.4 Å². The standard InChI is InChI=1S/C11H22N2O2S/c1-9(14)8-12-4-6-13(7-5-12)11(15)10(2)16-3/h9-10,14H,4-8H2,1-3H3/t9-,10+/m0/s1. The molecule has 0 radical (unpaired) electrons. The molecule has 1 fully saturated rings. The summed E-state index contributed by atoms with van der Waals surface area (Å²) in [6.45, 7) is 7.78. The maximum Gasteiger partial charge on any atom is 0.235 e. The highest BCUT2D eigenvalue weighted by Crippen LogP contribution is 2.11. The molecule has 1 saturated heterocycles. The molecule has 0 aromatic rings. The summed E-state index contributed by atoms with van der Waals surface area (Å²) in [5, 5.41) is 9.34. The van der Waals surface area contributed by atoms with Crippen molar-refractivity contribution in [2.75, 3.05) is 39.0 Å².